The highest BCUT2D eigenvalue weighted by Gasteiger charge is 2.08. The molecule has 7 heteroatoms. The van der Waals surface area contributed by atoms with Gasteiger partial charge in [0, 0.05) is 0 Å². The fourth-order valence-corrected chi connectivity index (χ4v) is 4.72. The van der Waals surface area contributed by atoms with Crippen LogP contribution in [0, 0.1) is 0 Å². The second-order valence-electron chi connectivity index (χ2n) is 9.43. The summed E-state index contributed by atoms with van der Waals surface area (Å²) in [5.41, 5.74) is 2.55. The number of hydrogen-bond acceptors (Lipinski definition) is 5. The molecule has 0 amide bonds. The van der Waals surface area contributed by atoms with E-state index in [1.807, 2.05) is 12.1 Å². The Labute approximate surface area is 236 Å². The van der Waals surface area contributed by atoms with Crippen molar-refractivity contribution in [1.82, 2.24) is 0 Å². The molecule has 0 radical (unpaired) electrons. The van der Waals surface area contributed by atoms with Gasteiger partial charge in [-0.1, -0.05) is 127 Å². The molecule has 0 saturated heterocycles. The number of rotatable bonds is 20. The van der Waals surface area contributed by atoms with Gasteiger partial charge in [0.15, 0.2) is 0 Å². The maximum Gasteiger partial charge on any atom is 0.293 e. The SMILES string of the molecule is CCCCCCCCCc1ccccc1OSOc1ccccc1CCCCCCCCC.OP(O)Cl. The summed E-state index contributed by atoms with van der Waals surface area (Å²) >= 11 is 5.54. The molecule has 4 nitrogen and oxygen atoms in total. The summed E-state index contributed by atoms with van der Waals surface area (Å²) in [4.78, 5) is 14.9. The van der Waals surface area contributed by atoms with Gasteiger partial charge < -0.3 is 18.2 Å². The molecule has 0 aliphatic heterocycles. The molecular weight excluding hydrogens is 523 g/mol. The van der Waals surface area contributed by atoms with E-state index in [9.17, 15) is 0 Å². The smallest absolute Gasteiger partial charge is 0.293 e. The van der Waals surface area contributed by atoms with Crippen molar-refractivity contribution < 1.29 is 18.2 Å². The molecule has 0 spiro atoms. The summed E-state index contributed by atoms with van der Waals surface area (Å²) in [5.74, 6) is 1.86. The number of para-hydroxylation sites is 2. The van der Waals surface area contributed by atoms with Crippen LogP contribution >= 0.6 is 31.3 Å². The number of aryl methyl sites for hydroxylation is 2. The molecule has 0 heterocycles. The Morgan fingerprint density at radius 2 is 0.919 bits per heavy atom. The maximum atomic E-state index is 7.44. The van der Waals surface area contributed by atoms with E-state index in [1.165, 1.54) is 101 Å². The predicted octanol–water partition coefficient (Wildman–Crippen LogP) is 10.7. The molecular formula is C30H48ClO4PS. The average molecular weight is 571 g/mol. The number of halogens is 1. The number of benzene rings is 2. The third-order valence-corrected chi connectivity index (χ3v) is 6.79. The third kappa shape index (κ3) is 18.8. The van der Waals surface area contributed by atoms with Crippen LogP contribution in [0.2, 0.25) is 0 Å². The lowest BCUT2D eigenvalue weighted by atomic mass is 10.0. The molecule has 2 aromatic carbocycles. The maximum absolute atomic E-state index is 7.44. The summed E-state index contributed by atoms with van der Waals surface area (Å²) in [6.45, 7) is 4.54. The van der Waals surface area contributed by atoms with Crippen molar-refractivity contribution in [2.24, 2.45) is 0 Å². The molecule has 2 N–H and O–H groups in total. The molecule has 210 valence electrons. The van der Waals surface area contributed by atoms with Crippen molar-refractivity contribution in [2.75, 3.05) is 0 Å². The zero-order valence-corrected chi connectivity index (χ0v) is 25.3. The van der Waals surface area contributed by atoms with E-state index in [2.05, 4.69) is 61.5 Å². The normalized spacial score (nSPS) is 10.8. The molecule has 2 aromatic rings. The first-order valence-electron chi connectivity index (χ1n) is 14.1. The first kappa shape index (κ1) is 34.1. The summed E-state index contributed by atoms with van der Waals surface area (Å²) in [7, 11) is -2.15. The van der Waals surface area contributed by atoms with Gasteiger partial charge in [-0.3, -0.25) is 0 Å². The lowest BCUT2D eigenvalue weighted by molar-refractivity contribution is 0.504. The number of unbranched alkanes of at least 4 members (excludes halogenated alkanes) is 12. The van der Waals surface area contributed by atoms with Gasteiger partial charge in [0.25, 0.3) is 20.1 Å². The van der Waals surface area contributed by atoms with Crippen LogP contribution < -0.4 is 8.37 Å². The largest absolute Gasteiger partial charge is 0.391 e. The van der Waals surface area contributed by atoms with E-state index in [0.29, 0.717) is 0 Å². The highest BCUT2D eigenvalue weighted by molar-refractivity contribution is 7.90. The highest BCUT2D eigenvalue weighted by Crippen LogP contribution is 2.29. The van der Waals surface area contributed by atoms with Gasteiger partial charge in [0.05, 0.1) is 0 Å². The molecule has 0 bridgehead atoms. The van der Waals surface area contributed by atoms with Crippen LogP contribution in [0.15, 0.2) is 48.5 Å². The Hall–Kier alpha value is -0.970. The third-order valence-electron chi connectivity index (χ3n) is 6.29. The van der Waals surface area contributed by atoms with Gasteiger partial charge in [-0.15, -0.1) is 0 Å². The van der Waals surface area contributed by atoms with Crippen molar-refractivity contribution in [3.63, 3.8) is 0 Å². The van der Waals surface area contributed by atoms with Crippen LogP contribution in [0.3, 0.4) is 0 Å². The second-order valence-corrected chi connectivity index (χ2v) is 11.3. The topological polar surface area (TPSA) is 58.9 Å². The summed E-state index contributed by atoms with van der Waals surface area (Å²) < 4.78 is 12.0. The van der Waals surface area contributed by atoms with Crippen LogP contribution in [0.5, 0.6) is 11.5 Å². The minimum Gasteiger partial charge on any atom is -0.391 e. The van der Waals surface area contributed by atoms with Crippen LogP contribution in [-0.4, -0.2) is 9.79 Å². The molecule has 2 rings (SSSR count). The lowest BCUT2D eigenvalue weighted by Crippen LogP contribution is -1.96. The van der Waals surface area contributed by atoms with Crippen molar-refractivity contribution in [1.29, 1.82) is 0 Å². The molecule has 0 aliphatic carbocycles. The van der Waals surface area contributed by atoms with E-state index in [4.69, 9.17) is 18.2 Å². The molecule has 0 fully saturated rings. The molecule has 0 aliphatic rings. The van der Waals surface area contributed by atoms with Crippen LogP contribution in [0.1, 0.15) is 115 Å². The van der Waals surface area contributed by atoms with Crippen molar-refractivity contribution >= 4 is 31.3 Å². The van der Waals surface area contributed by atoms with Crippen molar-refractivity contribution in [3.05, 3.63) is 59.7 Å². The van der Waals surface area contributed by atoms with Crippen LogP contribution in [0.4, 0.5) is 0 Å². The average Bonchev–Trinajstić information content (AvgIpc) is 2.89. The Balaban J connectivity index is 0.00000159. The summed E-state index contributed by atoms with van der Waals surface area (Å²) in [6.07, 6.45) is 20.7. The zero-order chi connectivity index (χ0) is 27.0. The van der Waals surface area contributed by atoms with E-state index >= 15 is 0 Å². The van der Waals surface area contributed by atoms with E-state index in [-0.39, 0.29) is 0 Å². The van der Waals surface area contributed by atoms with Gasteiger partial charge in [0.1, 0.15) is 11.5 Å². The van der Waals surface area contributed by atoms with Gasteiger partial charge in [0.2, 0.25) is 0 Å². The van der Waals surface area contributed by atoms with Crippen molar-refractivity contribution in [2.45, 2.75) is 117 Å². The Morgan fingerprint density at radius 3 is 1.30 bits per heavy atom. The van der Waals surface area contributed by atoms with Gasteiger partial charge in [-0.2, -0.15) is 0 Å². The Kier molecular flexibility index (Phi) is 22.2. The highest BCUT2D eigenvalue weighted by atomic mass is 35.7. The van der Waals surface area contributed by atoms with E-state index < -0.39 is 7.73 Å². The van der Waals surface area contributed by atoms with E-state index in [0.717, 1.165) is 36.7 Å². The Morgan fingerprint density at radius 1 is 0.595 bits per heavy atom. The zero-order valence-electron chi connectivity index (χ0n) is 22.9. The fraction of sp³-hybridized carbons (Fsp3) is 0.600. The Bertz CT molecular complexity index is 729. The molecule has 0 unspecified atom stereocenters. The van der Waals surface area contributed by atoms with Crippen LogP contribution in [0.25, 0.3) is 0 Å². The minimum absolute atomic E-state index is 0.929. The predicted molar refractivity (Wildman–Crippen MR) is 162 cm³/mol. The van der Waals surface area contributed by atoms with Gasteiger partial charge in [-0.05, 0) is 60.2 Å². The lowest BCUT2D eigenvalue weighted by Gasteiger charge is -2.12. The minimum atomic E-state index is -2.15. The van der Waals surface area contributed by atoms with Gasteiger partial charge in [-0.25, -0.2) is 0 Å². The summed E-state index contributed by atoms with van der Waals surface area (Å²) in [6, 6.07) is 16.8. The fourth-order valence-electron chi connectivity index (χ4n) is 4.22. The first-order valence-corrected chi connectivity index (χ1v) is 16.9. The van der Waals surface area contributed by atoms with Crippen LogP contribution in [-0.2, 0) is 12.8 Å². The quantitative estimate of drug-likeness (QED) is 0.0941. The number of hydrogen-bond donors (Lipinski definition) is 2. The standard InChI is InChI=1S/C30H46O2S.ClH2O2P/c1-3-5-7-9-11-13-15-21-27-23-17-19-25-29(27)31-33-32-30-26-20-18-24-28(30)22-16-14-12-10-8-6-4-2;1-4(2)3/h17-20,23-26H,3-16,21-22H2,1-2H3;2-3H. The second kappa shape index (κ2) is 24.1. The molecule has 0 atom stereocenters. The summed E-state index contributed by atoms with van der Waals surface area (Å²) in [5, 5.41) is 0. The first-order chi connectivity index (χ1) is 18.1. The van der Waals surface area contributed by atoms with Crippen molar-refractivity contribution in [3.8, 4) is 11.5 Å². The monoisotopic (exact) mass is 570 g/mol. The van der Waals surface area contributed by atoms with Gasteiger partial charge >= 0.3 is 0 Å². The van der Waals surface area contributed by atoms with E-state index in [1.54, 1.807) is 0 Å². The molecule has 0 aromatic heterocycles. The molecule has 0 saturated carbocycles. The molecule has 37 heavy (non-hydrogen) atoms.